The van der Waals surface area contributed by atoms with Gasteiger partial charge in [0.05, 0.1) is 13.0 Å². The minimum Gasteiger partial charge on any atom is -0.465 e. The molecule has 0 spiro atoms. The van der Waals surface area contributed by atoms with Crippen molar-refractivity contribution < 1.29 is 9.53 Å². The zero-order valence-electron chi connectivity index (χ0n) is 19.5. The quantitative estimate of drug-likeness (QED) is 0.183. The van der Waals surface area contributed by atoms with Crippen LogP contribution in [0, 0.1) is 12.8 Å². The van der Waals surface area contributed by atoms with Crippen molar-refractivity contribution in [2.45, 2.75) is 117 Å². The van der Waals surface area contributed by atoms with Gasteiger partial charge in [-0.1, -0.05) is 115 Å². The van der Waals surface area contributed by atoms with E-state index >= 15 is 0 Å². The summed E-state index contributed by atoms with van der Waals surface area (Å²) in [4.78, 5) is 12.3. The van der Waals surface area contributed by atoms with Crippen molar-refractivity contribution in [3.63, 3.8) is 0 Å². The van der Waals surface area contributed by atoms with Gasteiger partial charge in [-0.25, -0.2) is 0 Å². The maximum absolute atomic E-state index is 12.3. The Morgan fingerprint density at radius 3 is 1.86 bits per heavy atom. The number of carbonyl (C=O) groups excluding carboxylic acids is 1. The van der Waals surface area contributed by atoms with Crippen LogP contribution in [0.25, 0.3) is 0 Å². The molecule has 0 bridgehead atoms. The van der Waals surface area contributed by atoms with Crippen molar-refractivity contribution in [2.24, 2.45) is 5.92 Å². The molecule has 0 aliphatic rings. The fourth-order valence-electron chi connectivity index (χ4n) is 3.96. The molecule has 0 amide bonds. The molecular weight excluding hydrogens is 356 g/mol. The molecule has 0 fully saturated rings. The van der Waals surface area contributed by atoms with E-state index in [4.69, 9.17) is 4.74 Å². The first kappa shape index (κ1) is 25.7. The lowest BCUT2D eigenvalue weighted by atomic mass is 9.94. The van der Waals surface area contributed by atoms with Crippen LogP contribution in [0.3, 0.4) is 0 Å². The Kier molecular flexibility index (Phi) is 15.6. The van der Waals surface area contributed by atoms with Crippen LogP contribution in [0.2, 0.25) is 0 Å². The zero-order chi connectivity index (χ0) is 21.2. The molecule has 2 nitrogen and oxygen atoms in total. The first-order valence-corrected chi connectivity index (χ1v) is 12.4. The van der Waals surface area contributed by atoms with E-state index in [-0.39, 0.29) is 5.97 Å². The van der Waals surface area contributed by atoms with E-state index in [1.807, 2.05) is 18.2 Å². The fraction of sp³-hybridized carbons (Fsp3) is 0.741. The molecule has 0 aliphatic carbocycles. The number of esters is 1. The second-order valence-electron chi connectivity index (χ2n) is 8.77. The van der Waals surface area contributed by atoms with Crippen molar-refractivity contribution in [1.82, 2.24) is 0 Å². The molecule has 1 unspecified atom stereocenters. The lowest BCUT2D eigenvalue weighted by Gasteiger charge is -2.17. The number of hydrogen-bond acceptors (Lipinski definition) is 2. The lowest BCUT2D eigenvalue weighted by molar-refractivity contribution is -0.144. The highest BCUT2D eigenvalue weighted by Crippen LogP contribution is 2.20. The summed E-state index contributed by atoms with van der Waals surface area (Å²) in [6.45, 7) is 7.19. The molecule has 29 heavy (non-hydrogen) atoms. The molecule has 1 atom stereocenters. The average Bonchev–Trinajstić information content (AvgIpc) is 2.72. The Morgan fingerprint density at radius 2 is 1.31 bits per heavy atom. The van der Waals surface area contributed by atoms with Crippen LogP contribution in [0.5, 0.6) is 0 Å². The smallest absolute Gasteiger partial charge is 0.310 e. The highest BCUT2D eigenvalue weighted by Gasteiger charge is 2.13. The molecule has 0 saturated carbocycles. The van der Waals surface area contributed by atoms with E-state index in [0.717, 1.165) is 5.56 Å². The highest BCUT2D eigenvalue weighted by atomic mass is 16.5. The van der Waals surface area contributed by atoms with Gasteiger partial charge in [0, 0.05) is 0 Å². The molecule has 1 rings (SSSR count). The van der Waals surface area contributed by atoms with Gasteiger partial charge < -0.3 is 4.74 Å². The predicted molar refractivity (Wildman–Crippen MR) is 125 cm³/mol. The van der Waals surface area contributed by atoms with E-state index in [1.54, 1.807) is 0 Å². The number of aryl methyl sites for hydroxylation is 1. The summed E-state index contributed by atoms with van der Waals surface area (Å²) in [6, 6.07) is 8.10. The van der Waals surface area contributed by atoms with E-state index < -0.39 is 0 Å². The Balaban J connectivity index is 2.33. The van der Waals surface area contributed by atoms with Gasteiger partial charge in [-0.15, -0.1) is 0 Å². The van der Waals surface area contributed by atoms with E-state index in [9.17, 15) is 4.79 Å². The number of unbranched alkanes of at least 4 members (excludes halogenated alkanes) is 10. The molecule has 1 aromatic carbocycles. The molecular formula is C27H46O2. The summed E-state index contributed by atoms with van der Waals surface area (Å²) in [6.07, 6.45) is 18.8. The van der Waals surface area contributed by atoms with Crippen LogP contribution in [-0.2, 0) is 16.0 Å². The molecule has 0 radical (unpaired) electrons. The highest BCUT2D eigenvalue weighted by molar-refractivity contribution is 5.73. The largest absolute Gasteiger partial charge is 0.465 e. The fourth-order valence-corrected chi connectivity index (χ4v) is 3.96. The van der Waals surface area contributed by atoms with Crippen LogP contribution < -0.4 is 0 Å². The summed E-state index contributed by atoms with van der Waals surface area (Å²) in [5.74, 6) is 0.461. The second kappa shape index (κ2) is 17.5. The van der Waals surface area contributed by atoms with Crippen molar-refractivity contribution >= 4 is 5.97 Å². The summed E-state index contributed by atoms with van der Waals surface area (Å²) in [5, 5.41) is 0. The van der Waals surface area contributed by atoms with Gasteiger partial charge in [-0.05, 0) is 36.8 Å². The summed E-state index contributed by atoms with van der Waals surface area (Å²) in [7, 11) is 0. The minimum absolute atomic E-state index is 0.0742. The normalized spacial score (nSPS) is 12.1. The Labute approximate surface area is 180 Å². The van der Waals surface area contributed by atoms with Crippen LogP contribution in [0.1, 0.15) is 115 Å². The average molecular weight is 403 g/mol. The third-order valence-electron chi connectivity index (χ3n) is 6.01. The number of carbonyl (C=O) groups is 1. The predicted octanol–water partition coefficient (Wildman–Crippen LogP) is 8.20. The number of ether oxygens (including phenoxy) is 1. The minimum atomic E-state index is -0.0742. The standard InChI is InChI=1S/C27H46O2/c1-4-6-8-10-11-13-15-20-25(19-14-12-9-7-5-2)23-29-27(28)22-26-21-17-16-18-24(26)3/h16-18,21,25H,4-15,19-20,22-23H2,1-3H3. The summed E-state index contributed by atoms with van der Waals surface area (Å²) < 4.78 is 5.71. The number of benzene rings is 1. The SMILES string of the molecule is CCCCCCCCCC(CCCCCCC)COC(=O)Cc1ccccc1C. The van der Waals surface area contributed by atoms with Crippen LogP contribution in [0.15, 0.2) is 24.3 Å². The zero-order valence-corrected chi connectivity index (χ0v) is 19.5. The molecule has 1 aromatic rings. The van der Waals surface area contributed by atoms with Crippen molar-refractivity contribution in [3.8, 4) is 0 Å². The van der Waals surface area contributed by atoms with Gasteiger partial charge in [0.15, 0.2) is 0 Å². The first-order valence-electron chi connectivity index (χ1n) is 12.4. The number of hydrogen-bond donors (Lipinski definition) is 0. The molecule has 2 heteroatoms. The van der Waals surface area contributed by atoms with Gasteiger partial charge in [0.25, 0.3) is 0 Å². The topological polar surface area (TPSA) is 26.3 Å². The van der Waals surface area contributed by atoms with Gasteiger partial charge >= 0.3 is 5.97 Å². The second-order valence-corrected chi connectivity index (χ2v) is 8.77. The first-order chi connectivity index (χ1) is 14.2. The summed E-state index contributed by atoms with van der Waals surface area (Å²) in [5.41, 5.74) is 2.25. The van der Waals surface area contributed by atoms with E-state index in [2.05, 4.69) is 26.8 Å². The van der Waals surface area contributed by atoms with Crippen LogP contribution in [-0.4, -0.2) is 12.6 Å². The van der Waals surface area contributed by atoms with Crippen molar-refractivity contribution in [2.75, 3.05) is 6.61 Å². The maximum Gasteiger partial charge on any atom is 0.310 e. The third-order valence-corrected chi connectivity index (χ3v) is 6.01. The molecule has 0 saturated heterocycles. The number of rotatable bonds is 18. The third kappa shape index (κ3) is 13.5. The Hall–Kier alpha value is -1.31. The van der Waals surface area contributed by atoms with Crippen molar-refractivity contribution in [1.29, 1.82) is 0 Å². The monoisotopic (exact) mass is 402 g/mol. The van der Waals surface area contributed by atoms with E-state index in [0.29, 0.717) is 18.9 Å². The molecule has 0 aromatic heterocycles. The van der Waals surface area contributed by atoms with Crippen LogP contribution in [0.4, 0.5) is 0 Å². The Bertz CT molecular complexity index is 523. The molecule has 0 aliphatic heterocycles. The van der Waals surface area contributed by atoms with Gasteiger partial charge in [0.2, 0.25) is 0 Å². The maximum atomic E-state index is 12.3. The lowest BCUT2D eigenvalue weighted by Crippen LogP contribution is -2.16. The van der Waals surface area contributed by atoms with Crippen molar-refractivity contribution in [3.05, 3.63) is 35.4 Å². The molecule has 0 N–H and O–H groups in total. The molecule has 166 valence electrons. The van der Waals surface area contributed by atoms with E-state index in [1.165, 1.54) is 95.5 Å². The summed E-state index contributed by atoms with van der Waals surface area (Å²) >= 11 is 0. The molecule has 0 heterocycles. The van der Waals surface area contributed by atoms with Gasteiger partial charge in [-0.2, -0.15) is 0 Å². The van der Waals surface area contributed by atoms with Crippen LogP contribution >= 0.6 is 0 Å². The Morgan fingerprint density at radius 1 is 0.793 bits per heavy atom. The van der Waals surface area contributed by atoms with Gasteiger partial charge in [0.1, 0.15) is 0 Å². The van der Waals surface area contributed by atoms with Gasteiger partial charge in [-0.3, -0.25) is 4.79 Å².